The number of esters is 1. The molecule has 0 fully saturated rings. The average Bonchev–Trinajstić information content (AvgIpc) is 2.42. The lowest BCUT2D eigenvalue weighted by Gasteiger charge is -2.09. The van der Waals surface area contributed by atoms with E-state index < -0.39 is 5.91 Å². The van der Waals surface area contributed by atoms with Gasteiger partial charge in [0.05, 0.1) is 19.3 Å². The van der Waals surface area contributed by atoms with Gasteiger partial charge in [-0.05, 0) is 11.6 Å². The van der Waals surface area contributed by atoms with Gasteiger partial charge in [0.15, 0.2) is 0 Å². The third-order valence-electron chi connectivity index (χ3n) is 2.41. The van der Waals surface area contributed by atoms with Crippen molar-refractivity contribution in [2.24, 2.45) is 5.73 Å². The molecule has 6 heteroatoms. The van der Waals surface area contributed by atoms with Gasteiger partial charge in [0, 0.05) is 13.1 Å². The number of ether oxygens (including phenoxy) is 2. The average molecular weight is 266 g/mol. The third kappa shape index (κ3) is 5.50. The summed E-state index contributed by atoms with van der Waals surface area (Å²) in [5, 5.41) is 3.11. The number of primary amides is 1. The van der Waals surface area contributed by atoms with E-state index in [4.69, 9.17) is 15.2 Å². The molecule has 0 unspecified atom stereocenters. The van der Waals surface area contributed by atoms with E-state index in [1.165, 1.54) is 7.11 Å². The van der Waals surface area contributed by atoms with Crippen LogP contribution in [0.15, 0.2) is 24.3 Å². The van der Waals surface area contributed by atoms with Gasteiger partial charge in [0.2, 0.25) is 5.91 Å². The molecule has 0 saturated heterocycles. The van der Waals surface area contributed by atoms with Gasteiger partial charge >= 0.3 is 5.97 Å². The van der Waals surface area contributed by atoms with Gasteiger partial charge in [-0.3, -0.25) is 4.79 Å². The van der Waals surface area contributed by atoms with E-state index in [1.807, 2.05) is 12.1 Å². The molecule has 0 saturated carbocycles. The number of rotatable bonds is 8. The molecule has 0 aliphatic carbocycles. The quantitative estimate of drug-likeness (QED) is 0.513. The van der Waals surface area contributed by atoms with Crippen molar-refractivity contribution in [2.45, 2.75) is 6.54 Å². The molecule has 0 spiro atoms. The van der Waals surface area contributed by atoms with Gasteiger partial charge in [-0.2, -0.15) is 0 Å². The van der Waals surface area contributed by atoms with E-state index in [9.17, 15) is 9.59 Å². The molecule has 6 nitrogen and oxygen atoms in total. The number of hydrogen-bond acceptors (Lipinski definition) is 5. The van der Waals surface area contributed by atoms with Crippen LogP contribution in [-0.2, 0) is 20.8 Å². The normalized spacial score (nSPS) is 10.2. The Morgan fingerprint density at radius 1 is 1.32 bits per heavy atom. The van der Waals surface area contributed by atoms with Crippen molar-refractivity contribution in [1.29, 1.82) is 0 Å². The van der Waals surface area contributed by atoms with Crippen LogP contribution in [0.5, 0.6) is 0 Å². The molecule has 0 radical (unpaired) electrons. The maximum Gasteiger partial charge on any atom is 0.338 e. The summed E-state index contributed by atoms with van der Waals surface area (Å²) in [7, 11) is 1.35. The number of nitrogens with two attached hydrogens (primary N) is 1. The number of methoxy groups -OCH3 is 1. The molecule has 19 heavy (non-hydrogen) atoms. The van der Waals surface area contributed by atoms with E-state index in [0.29, 0.717) is 25.3 Å². The van der Waals surface area contributed by atoms with Crippen LogP contribution in [0.25, 0.3) is 0 Å². The Balaban J connectivity index is 2.37. The summed E-state index contributed by atoms with van der Waals surface area (Å²) in [5.41, 5.74) is 6.32. The molecule has 104 valence electrons. The lowest BCUT2D eigenvalue weighted by molar-refractivity contribution is -0.122. The van der Waals surface area contributed by atoms with Crippen LogP contribution in [0.3, 0.4) is 0 Å². The van der Waals surface area contributed by atoms with Gasteiger partial charge in [-0.1, -0.05) is 18.2 Å². The Kier molecular flexibility index (Phi) is 6.56. The van der Waals surface area contributed by atoms with Crippen molar-refractivity contribution in [2.75, 3.05) is 26.9 Å². The standard InChI is InChI=1S/C13H18N2O4/c1-18-13(17)11-5-3-2-4-10(11)8-15-6-7-19-9-12(14)16/h2-5,15H,6-9H2,1H3,(H2,14,16). The van der Waals surface area contributed by atoms with Gasteiger partial charge < -0.3 is 20.5 Å². The summed E-state index contributed by atoms with van der Waals surface area (Å²) in [6.07, 6.45) is 0. The zero-order chi connectivity index (χ0) is 14.1. The topological polar surface area (TPSA) is 90.7 Å². The highest BCUT2D eigenvalue weighted by atomic mass is 16.5. The molecule has 1 aromatic rings. The minimum absolute atomic E-state index is 0.0829. The first-order valence-corrected chi connectivity index (χ1v) is 5.88. The summed E-state index contributed by atoms with van der Waals surface area (Å²) in [5.74, 6) is -0.849. The van der Waals surface area contributed by atoms with Crippen molar-refractivity contribution in [3.63, 3.8) is 0 Å². The van der Waals surface area contributed by atoms with Crippen molar-refractivity contribution in [3.8, 4) is 0 Å². The first-order chi connectivity index (χ1) is 9.15. The molecule has 3 N–H and O–H groups in total. The van der Waals surface area contributed by atoms with E-state index in [1.54, 1.807) is 12.1 Å². The smallest absolute Gasteiger partial charge is 0.338 e. The second-order valence-electron chi connectivity index (χ2n) is 3.84. The zero-order valence-electron chi connectivity index (χ0n) is 10.8. The molecule has 0 atom stereocenters. The monoisotopic (exact) mass is 266 g/mol. The molecule has 0 aliphatic rings. The fraction of sp³-hybridized carbons (Fsp3) is 0.385. The fourth-order valence-electron chi connectivity index (χ4n) is 1.52. The molecule has 0 heterocycles. The molecule has 1 amide bonds. The Morgan fingerprint density at radius 3 is 2.74 bits per heavy atom. The SMILES string of the molecule is COC(=O)c1ccccc1CNCCOCC(N)=O. The highest BCUT2D eigenvalue weighted by molar-refractivity contribution is 5.90. The van der Waals surface area contributed by atoms with Crippen molar-refractivity contribution in [3.05, 3.63) is 35.4 Å². The second kappa shape index (κ2) is 8.23. The Labute approximate surface area is 111 Å². The Hall–Kier alpha value is -1.92. The lowest BCUT2D eigenvalue weighted by Crippen LogP contribution is -2.24. The maximum absolute atomic E-state index is 11.5. The number of carbonyl (C=O) groups is 2. The van der Waals surface area contributed by atoms with Gasteiger partial charge in [-0.25, -0.2) is 4.79 Å². The van der Waals surface area contributed by atoms with Crippen LogP contribution < -0.4 is 11.1 Å². The number of nitrogens with one attached hydrogen (secondary N) is 1. The largest absolute Gasteiger partial charge is 0.465 e. The van der Waals surface area contributed by atoms with Crippen LogP contribution in [0.1, 0.15) is 15.9 Å². The van der Waals surface area contributed by atoms with E-state index in [2.05, 4.69) is 5.32 Å². The second-order valence-corrected chi connectivity index (χ2v) is 3.84. The molecule has 0 aliphatic heterocycles. The number of carbonyl (C=O) groups excluding carboxylic acids is 2. The number of hydrogen-bond donors (Lipinski definition) is 2. The van der Waals surface area contributed by atoms with E-state index in [0.717, 1.165) is 5.56 Å². The zero-order valence-corrected chi connectivity index (χ0v) is 10.8. The van der Waals surface area contributed by atoms with E-state index in [-0.39, 0.29) is 12.6 Å². The Bertz CT molecular complexity index is 434. The van der Waals surface area contributed by atoms with Crippen LogP contribution >= 0.6 is 0 Å². The Morgan fingerprint density at radius 2 is 2.05 bits per heavy atom. The molecular formula is C13H18N2O4. The van der Waals surface area contributed by atoms with Gasteiger partial charge in [0.1, 0.15) is 6.61 Å². The van der Waals surface area contributed by atoms with Crippen LogP contribution in [0, 0.1) is 0 Å². The summed E-state index contributed by atoms with van der Waals surface area (Å²) < 4.78 is 9.71. The predicted molar refractivity (Wildman–Crippen MR) is 69.5 cm³/mol. The maximum atomic E-state index is 11.5. The lowest BCUT2D eigenvalue weighted by atomic mass is 10.1. The minimum Gasteiger partial charge on any atom is -0.465 e. The fourth-order valence-corrected chi connectivity index (χ4v) is 1.52. The molecule has 1 aromatic carbocycles. The highest BCUT2D eigenvalue weighted by Crippen LogP contribution is 2.09. The summed E-state index contributed by atoms with van der Waals surface area (Å²) in [6.45, 7) is 1.37. The van der Waals surface area contributed by atoms with Gasteiger partial charge in [-0.15, -0.1) is 0 Å². The summed E-state index contributed by atoms with van der Waals surface area (Å²) in [4.78, 5) is 21.9. The third-order valence-corrected chi connectivity index (χ3v) is 2.41. The molecule has 0 bridgehead atoms. The molecule has 1 rings (SSSR count). The van der Waals surface area contributed by atoms with Crippen LogP contribution in [0.4, 0.5) is 0 Å². The predicted octanol–water partition coefficient (Wildman–Crippen LogP) is 0.0647. The number of benzene rings is 1. The first kappa shape index (κ1) is 15.1. The summed E-state index contributed by atoms with van der Waals surface area (Å²) >= 11 is 0. The molecule has 0 aromatic heterocycles. The van der Waals surface area contributed by atoms with E-state index >= 15 is 0 Å². The van der Waals surface area contributed by atoms with Crippen molar-refractivity contribution >= 4 is 11.9 Å². The first-order valence-electron chi connectivity index (χ1n) is 5.88. The minimum atomic E-state index is -0.490. The van der Waals surface area contributed by atoms with Crippen molar-refractivity contribution in [1.82, 2.24) is 5.32 Å². The molecular weight excluding hydrogens is 248 g/mol. The summed E-state index contributed by atoms with van der Waals surface area (Å²) in [6, 6.07) is 7.20. The van der Waals surface area contributed by atoms with Crippen molar-refractivity contribution < 1.29 is 19.1 Å². The van der Waals surface area contributed by atoms with Gasteiger partial charge in [0.25, 0.3) is 0 Å². The van der Waals surface area contributed by atoms with Crippen LogP contribution in [0.2, 0.25) is 0 Å². The van der Waals surface area contributed by atoms with Crippen LogP contribution in [-0.4, -0.2) is 38.7 Å². The highest BCUT2D eigenvalue weighted by Gasteiger charge is 2.09. The number of amides is 1.